The van der Waals surface area contributed by atoms with Gasteiger partial charge >= 0.3 is 11.9 Å². The molecule has 0 bridgehead atoms. The summed E-state index contributed by atoms with van der Waals surface area (Å²) < 4.78 is 0. The van der Waals surface area contributed by atoms with Crippen molar-refractivity contribution < 1.29 is 34.2 Å². The van der Waals surface area contributed by atoms with Crippen molar-refractivity contribution >= 4 is 29.7 Å². The minimum Gasteiger partial charge on any atom is -0.481 e. The highest BCUT2D eigenvalue weighted by atomic mass is 16.4. The smallest absolute Gasteiger partial charge is 0.326 e. The first kappa shape index (κ1) is 31.5. The molecule has 12 N–H and O–H groups in total. The number of aliphatic carboxylic acids is 2. The average Bonchev–Trinajstić information content (AvgIpc) is 3.35. The second-order valence-electron chi connectivity index (χ2n) is 8.58. The first-order valence-corrected chi connectivity index (χ1v) is 12.1. The van der Waals surface area contributed by atoms with Crippen LogP contribution in [0.2, 0.25) is 0 Å². The molecule has 208 valence electrons. The van der Waals surface area contributed by atoms with Crippen LogP contribution in [0.15, 0.2) is 12.5 Å². The van der Waals surface area contributed by atoms with Gasteiger partial charge in [-0.25, -0.2) is 9.78 Å². The van der Waals surface area contributed by atoms with Crippen LogP contribution in [0.3, 0.4) is 0 Å². The Kier molecular flexibility index (Phi) is 14.5. The number of amides is 3. The van der Waals surface area contributed by atoms with Gasteiger partial charge in [0.1, 0.15) is 18.1 Å². The van der Waals surface area contributed by atoms with Gasteiger partial charge in [-0.2, -0.15) is 0 Å². The normalized spacial score (nSPS) is 14.1. The summed E-state index contributed by atoms with van der Waals surface area (Å²) in [6.07, 6.45) is 4.87. The number of hydrogen-bond donors (Lipinski definition) is 9. The second-order valence-corrected chi connectivity index (χ2v) is 8.58. The van der Waals surface area contributed by atoms with Gasteiger partial charge < -0.3 is 48.3 Å². The predicted octanol–water partition coefficient (Wildman–Crippen LogP) is -2.45. The average molecular weight is 527 g/mol. The number of nitrogens with zero attached hydrogens (tertiary/aromatic N) is 1. The number of hydrogen-bond acceptors (Lipinski definition) is 9. The molecule has 0 spiro atoms. The number of unbranched alkanes of at least 4 members (excludes halogenated alkanes) is 2. The Balaban J connectivity index is 3.02. The summed E-state index contributed by atoms with van der Waals surface area (Å²) >= 11 is 0. The molecular weight excluding hydrogens is 488 g/mol. The highest BCUT2D eigenvalue weighted by molar-refractivity contribution is 5.94. The van der Waals surface area contributed by atoms with Gasteiger partial charge in [0, 0.05) is 18.3 Å². The fourth-order valence-electron chi connectivity index (χ4n) is 3.42. The van der Waals surface area contributed by atoms with Crippen LogP contribution < -0.4 is 33.2 Å². The van der Waals surface area contributed by atoms with E-state index in [9.17, 15) is 29.1 Å². The van der Waals surface area contributed by atoms with Gasteiger partial charge in [-0.15, -0.1) is 0 Å². The van der Waals surface area contributed by atoms with E-state index in [1.54, 1.807) is 0 Å². The van der Waals surface area contributed by atoms with E-state index < -0.39 is 60.2 Å². The van der Waals surface area contributed by atoms with E-state index >= 15 is 0 Å². The molecule has 15 heteroatoms. The van der Waals surface area contributed by atoms with Crippen molar-refractivity contribution in [3.63, 3.8) is 0 Å². The molecule has 0 saturated heterocycles. The first-order chi connectivity index (χ1) is 17.6. The zero-order valence-corrected chi connectivity index (χ0v) is 20.7. The SMILES string of the molecule is NCCCCC(N)C(=O)NC(CCCCN)C(=O)NC(Cc1cnc[nH]1)C(=O)NC(CC(=O)O)C(=O)O. The molecule has 15 nitrogen and oxygen atoms in total. The van der Waals surface area contributed by atoms with E-state index in [-0.39, 0.29) is 12.8 Å². The number of H-pyrrole nitrogens is 1. The summed E-state index contributed by atoms with van der Waals surface area (Å²) in [6.45, 7) is 0.847. The lowest BCUT2D eigenvalue weighted by Gasteiger charge is -2.25. The lowest BCUT2D eigenvalue weighted by Crippen LogP contribution is -2.57. The molecule has 3 amide bonds. The van der Waals surface area contributed by atoms with Crippen LogP contribution in [0.5, 0.6) is 0 Å². The summed E-state index contributed by atoms with van der Waals surface area (Å²) in [6, 6.07) is -4.90. The summed E-state index contributed by atoms with van der Waals surface area (Å²) in [5.74, 6) is -5.11. The number of carboxylic acids is 2. The van der Waals surface area contributed by atoms with Crippen molar-refractivity contribution in [1.29, 1.82) is 0 Å². The van der Waals surface area contributed by atoms with Crippen LogP contribution in [-0.2, 0) is 30.4 Å². The Morgan fingerprint density at radius 1 is 0.838 bits per heavy atom. The molecule has 37 heavy (non-hydrogen) atoms. The zero-order valence-electron chi connectivity index (χ0n) is 20.7. The lowest BCUT2D eigenvalue weighted by atomic mass is 10.0. The van der Waals surface area contributed by atoms with Crippen LogP contribution in [0, 0.1) is 0 Å². The summed E-state index contributed by atoms with van der Waals surface area (Å²) in [4.78, 5) is 67.7. The molecule has 4 unspecified atom stereocenters. The minimum absolute atomic E-state index is 0.0982. The molecule has 0 saturated carbocycles. The van der Waals surface area contributed by atoms with Gasteiger partial charge in [-0.1, -0.05) is 6.42 Å². The topological polar surface area (TPSA) is 269 Å². The van der Waals surface area contributed by atoms with Crippen LogP contribution >= 0.6 is 0 Å². The Hall–Kier alpha value is -3.56. The first-order valence-electron chi connectivity index (χ1n) is 12.1. The van der Waals surface area contributed by atoms with Crippen molar-refractivity contribution in [2.75, 3.05) is 13.1 Å². The maximum atomic E-state index is 13.2. The van der Waals surface area contributed by atoms with Gasteiger partial charge in [0.15, 0.2) is 0 Å². The van der Waals surface area contributed by atoms with Crippen molar-refractivity contribution in [2.24, 2.45) is 17.2 Å². The number of aromatic nitrogens is 2. The molecule has 0 aliphatic heterocycles. The van der Waals surface area contributed by atoms with Crippen molar-refractivity contribution in [1.82, 2.24) is 25.9 Å². The number of aromatic amines is 1. The van der Waals surface area contributed by atoms with E-state index in [4.69, 9.17) is 22.3 Å². The molecule has 1 rings (SSSR count). The molecular formula is C22H38N8O7. The highest BCUT2D eigenvalue weighted by Gasteiger charge is 2.31. The monoisotopic (exact) mass is 526 g/mol. The third-order valence-corrected chi connectivity index (χ3v) is 5.49. The number of imidazole rings is 1. The third kappa shape index (κ3) is 12.3. The van der Waals surface area contributed by atoms with E-state index in [1.165, 1.54) is 12.5 Å². The molecule has 0 aliphatic rings. The van der Waals surface area contributed by atoms with Gasteiger partial charge in [0.05, 0.1) is 18.8 Å². The molecule has 1 aromatic heterocycles. The second kappa shape index (κ2) is 17.0. The molecule has 0 aliphatic carbocycles. The lowest BCUT2D eigenvalue weighted by molar-refractivity contribution is -0.147. The van der Waals surface area contributed by atoms with Crippen LogP contribution in [0.4, 0.5) is 0 Å². The van der Waals surface area contributed by atoms with Crippen LogP contribution in [-0.4, -0.2) is 87.1 Å². The Morgan fingerprint density at radius 2 is 1.41 bits per heavy atom. The number of carboxylic acid groups (broad SMARTS) is 2. The van der Waals surface area contributed by atoms with Gasteiger partial charge in [0.25, 0.3) is 0 Å². The number of nitrogens with one attached hydrogen (secondary N) is 4. The zero-order chi connectivity index (χ0) is 27.8. The molecule has 1 aromatic rings. The summed E-state index contributed by atoms with van der Waals surface area (Å²) in [5.41, 5.74) is 17.4. The number of nitrogens with two attached hydrogens (primary N) is 3. The predicted molar refractivity (Wildman–Crippen MR) is 132 cm³/mol. The number of rotatable bonds is 19. The molecule has 0 radical (unpaired) electrons. The summed E-state index contributed by atoms with van der Waals surface area (Å²) in [5, 5.41) is 25.5. The third-order valence-electron chi connectivity index (χ3n) is 5.49. The van der Waals surface area contributed by atoms with E-state index in [0.29, 0.717) is 50.9 Å². The van der Waals surface area contributed by atoms with Crippen molar-refractivity contribution in [3.8, 4) is 0 Å². The van der Waals surface area contributed by atoms with E-state index in [0.717, 1.165) is 0 Å². The number of carbonyl (C=O) groups excluding carboxylic acids is 3. The van der Waals surface area contributed by atoms with E-state index in [1.807, 2.05) is 0 Å². The highest BCUT2D eigenvalue weighted by Crippen LogP contribution is 2.07. The molecule has 1 heterocycles. The maximum Gasteiger partial charge on any atom is 0.326 e. The number of carbonyl (C=O) groups is 5. The summed E-state index contributed by atoms with van der Waals surface area (Å²) in [7, 11) is 0. The van der Waals surface area contributed by atoms with Gasteiger partial charge in [-0.3, -0.25) is 19.2 Å². The van der Waals surface area contributed by atoms with Crippen LogP contribution in [0.25, 0.3) is 0 Å². The van der Waals surface area contributed by atoms with E-state index in [2.05, 4.69) is 25.9 Å². The van der Waals surface area contributed by atoms with Crippen LogP contribution in [0.1, 0.15) is 50.6 Å². The Labute approximate surface area is 214 Å². The minimum atomic E-state index is -1.71. The van der Waals surface area contributed by atoms with Gasteiger partial charge in [0.2, 0.25) is 17.7 Å². The van der Waals surface area contributed by atoms with Gasteiger partial charge in [-0.05, 0) is 45.2 Å². The quantitative estimate of drug-likeness (QED) is 0.0853. The van der Waals surface area contributed by atoms with Crippen molar-refractivity contribution in [2.45, 2.75) is 75.5 Å². The van der Waals surface area contributed by atoms with Crippen molar-refractivity contribution in [3.05, 3.63) is 18.2 Å². The Bertz CT molecular complexity index is 880. The molecule has 0 fully saturated rings. The fourth-order valence-corrected chi connectivity index (χ4v) is 3.42. The molecule has 4 atom stereocenters. The maximum absolute atomic E-state index is 13.2. The Morgan fingerprint density at radius 3 is 1.95 bits per heavy atom. The largest absolute Gasteiger partial charge is 0.481 e. The fraction of sp³-hybridized carbons (Fsp3) is 0.636. The molecule has 0 aromatic carbocycles. The standard InChI is InChI=1S/C22H38N8O7/c23-7-3-1-5-14(25)19(33)28-15(6-2-4-8-24)20(34)29-16(9-13-11-26-12-27-13)21(35)30-17(22(36)37)10-18(31)32/h11-12,14-17H,1-10,23-25H2,(H,26,27)(H,28,33)(H,29,34)(H,30,35)(H,31,32)(H,36,37).